The van der Waals surface area contributed by atoms with E-state index < -0.39 is 0 Å². The fourth-order valence-corrected chi connectivity index (χ4v) is 5.07. The Labute approximate surface area is 179 Å². The van der Waals surface area contributed by atoms with E-state index in [0.717, 1.165) is 55.6 Å². The predicted molar refractivity (Wildman–Crippen MR) is 114 cm³/mol. The number of aryl methyl sites for hydroxylation is 1. The number of nitrogens with zero attached hydrogens (tertiary/aromatic N) is 3. The van der Waals surface area contributed by atoms with E-state index in [0.29, 0.717) is 12.2 Å². The molecule has 6 rings (SSSR count). The maximum absolute atomic E-state index is 13.5. The first-order valence-electron chi connectivity index (χ1n) is 10.8. The van der Waals surface area contributed by atoms with E-state index in [-0.39, 0.29) is 11.7 Å². The van der Waals surface area contributed by atoms with Crippen LogP contribution in [0.5, 0.6) is 5.75 Å². The second-order valence-electron chi connectivity index (χ2n) is 8.46. The van der Waals surface area contributed by atoms with Crippen LogP contribution in [0.2, 0.25) is 0 Å². The van der Waals surface area contributed by atoms with Gasteiger partial charge in [-0.15, -0.1) is 0 Å². The van der Waals surface area contributed by atoms with Crippen molar-refractivity contribution >= 4 is 16.7 Å². The molecule has 0 bridgehead atoms. The van der Waals surface area contributed by atoms with E-state index in [9.17, 15) is 4.39 Å². The molecule has 0 radical (unpaired) electrons. The Bertz CT molecular complexity index is 1180. The molecule has 3 heterocycles. The fraction of sp³-hybridized carbons (Fsp3) is 0.375. The van der Waals surface area contributed by atoms with Gasteiger partial charge in [-0.2, -0.15) is 10.2 Å². The summed E-state index contributed by atoms with van der Waals surface area (Å²) in [5.41, 5.74) is 6.54. The Hall–Kier alpha value is -2.90. The van der Waals surface area contributed by atoms with E-state index in [4.69, 9.17) is 14.1 Å². The molecule has 2 aromatic carbocycles. The summed E-state index contributed by atoms with van der Waals surface area (Å²) < 4.78 is 24.3. The van der Waals surface area contributed by atoms with Crippen LogP contribution in [-0.2, 0) is 11.3 Å². The molecule has 3 aliphatic rings. The zero-order valence-electron chi connectivity index (χ0n) is 17.4. The lowest BCUT2D eigenvalue weighted by Crippen LogP contribution is -2.44. The highest BCUT2D eigenvalue weighted by molar-refractivity contribution is 5.80. The van der Waals surface area contributed by atoms with Crippen LogP contribution in [0.4, 0.5) is 4.39 Å². The Morgan fingerprint density at radius 1 is 1.10 bits per heavy atom. The lowest BCUT2D eigenvalue weighted by atomic mass is 9.89. The monoisotopic (exact) mass is 421 g/mol. The first-order valence-corrected chi connectivity index (χ1v) is 10.8. The molecule has 0 unspecified atom stereocenters. The fourth-order valence-electron chi connectivity index (χ4n) is 5.07. The van der Waals surface area contributed by atoms with E-state index in [1.54, 1.807) is 13.2 Å². The Morgan fingerprint density at radius 2 is 1.97 bits per heavy atom. The van der Waals surface area contributed by atoms with Crippen molar-refractivity contribution in [3.05, 3.63) is 64.6 Å². The van der Waals surface area contributed by atoms with E-state index >= 15 is 0 Å². The molecule has 0 amide bonds. The SMILES string of the molecule is COc1ccc2c(c1)C1=C(CC2)CON1N1CCC(c2noc3cc(F)ccc23)CC1. The average Bonchev–Trinajstić information content (AvgIpc) is 3.43. The van der Waals surface area contributed by atoms with E-state index in [1.165, 1.54) is 34.5 Å². The molecule has 1 aromatic heterocycles. The number of rotatable bonds is 3. The van der Waals surface area contributed by atoms with Gasteiger partial charge in [0, 0.05) is 36.0 Å². The second-order valence-corrected chi connectivity index (χ2v) is 8.46. The van der Waals surface area contributed by atoms with Crippen molar-refractivity contribution in [2.24, 2.45) is 0 Å². The third-order valence-corrected chi connectivity index (χ3v) is 6.73. The first kappa shape index (κ1) is 18.8. The topological polar surface area (TPSA) is 51.0 Å². The maximum atomic E-state index is 13.5. The molecule has 1 fully saturated rings. The number of hydrogen-bond acceptors (Lipinski definition) is 6. The summed E-state index contributed by atoms with van der Waals surface area (Å²) >= 11 is 0. The number of methoxy groups -OCH3 is 1. The number of benzene rings is 2. The standard InChI is InChI=1S/C24H24FN3O3/c1-29-19-6-4-15-2-3-17-14-30-28(24(17)21(15)13-19)27-10-8-16(9-11-27)23-20-7-5-18(25)12-22(20)31-26-23/h4-7,12-13,16H,2-3,8-11,14H2,1H3. The van der Waals surface area contributed by atoms with Gasteiger partial charge < -0.3 is 9.26 Å². The Kier molecular flexibility index (Phi) is 4.47. The molecular formula is C24H24FN3O3. The average molecular weight is 421 g/mol. The van der Waals surface area contributed by atoms with Gasteiger partial charge in [0.15, 0.2) is 5.58 Å². The summed E-state index contributed by atoms with van der Waals surface area (Å²) in [6, 6.07) is 11.0. The molecule has 1 aliphatic carbocycles. The van der Waals surface area contributed by atoms with Crippen molar-refractivity contribution < 1.29 is 18.5 Å². The number of hydroxylamine groups is 1. The normalized spacial score (nSPS) is 19.7. The van der Waals surface area contributed by atoms with E-state index in [1.807, 2.05) is 11.2 Å². The van der Waals surface area contributed by atoms with Crippen molar-refractivity contribution in [2.45, 2.75) is 31.6 Å². The summed E-state index contributed by atoms with van der Waals surface area (Å²) in [6.45, 7) is 2.36. The lowest BCUT2D eigenvalue weighted by molar-refractivity contribution is -0.227. The van der Waals surface area contributed by atoms with Gasteiger partial charge in [-0.1, -0.05) is 11.2 Å². The predicted octanol–water partition coefficient (Wildman–Crippen LogP) is 4.67. The number of fused-ring (bicyclic) bond motifs is 3. The highest BCUT2D eigenvalue weighted by Crippen LogP contribution is 2.42. The number of piperidine rings is 1. The minimum Gasteiger partial charge on any atom is -0.497 e. The highest BCUT2D eigenvalue weighted by Gasteiger charge is 2.36. The van der Waals surface area contributed by atoms with Crippen LogP contribution in [0.15, 0.2) is 46.5 Å². The van der Waals surface area contributed by atoms with E-state index in [2.05, 4.69) is 22.3 Å². The van der Waals surface area contributed by atoms with Crippen LogP contribution < -0.4 is 4.74 Å². The zero-order valence-corrected chi connectivity index (χ0v) is 17.4. The van der Waals surface area contributed by atoms with Crippen molar-refractivity contribution in [1.29, 1.82) is 0 Å². The molecular weight excluding hydrogens is 397 g/mol. The van der Waals surface area contributed by atoms with Gasteiger partial charge in [0.25, 0.3) is 0 Å². The first-order chi connectivity index (χ1) is 15.2. The van der Waals surface area contributed by atoms with Crippen LogP contribution in [0.3, 0.4) is 0 Å². The summed E-state index contributed by atoms with van der Waals surface area (Å²) in [5.74, 6) is 0.856. The summed E-state index contributed by atoms with van der Waals surface area (Å²) in [5, 5.41) is 9.48. The van der Waals surface area contributed by atoms with Crippen LogP contribution >= 0.6 is 0 Å². The number of hydrogen-bond donors (Lipinski definition) is 0. The highest BCUT2D eigenvalue weighted by atomic mass is 19.1. The molecule has 6 nitrogen and oxygen atoms in total. The minimum atomic E-state index is -0.301. The van der Waals surface area contributed by atoms with Crippen molar-refractivity contribution in [2.75, 3.05) is 26.8 Å². The van der Waals surface area contributed by atoms with Gasteiger partial charge >= 0.3 is 0 Å². The number of hydrazine groups is 1. The molecule has 31 heavy (non-hydrogen) atoms. The molecule has 7 heteroatoms. The van der Waals surface area contributed by atoms with Gasteiger partial charge in [-0.05, 0) is 61.1 Å². The van der Waals surface area contributed by atoms with Crippen LogP contribution in [0, 0.1) is 5.82 Å². The number of halogens is 1. The molecule has 0 saturated carbocycles. The summed E-state index contributed by atoms with van der Waals surface area (Å²) in [7, 11) is 1.70. The lowest BCUT2D eigenvalue weighted by Gasteiger charge is -2.38. The largest absolute Gasteiger partial charge is 0.497 e. The van der Waals surface area contributed by atoms with Gasteiger partial charge in [-0.25, -0.2) is 4.39 Å². The van der Waals surface area contributed by atoms with Gasteiger partial charge in [0.05, 0.1) is 18.5 Å². The smallest absolute Gasteiger partial charge is 0.170 e. The summed E-state index contributed by atoms with van der Waals surface area (Å²) in [6.07, 6.45) is 3.94. The van der Waals surface area contributed by atoms with Gasteiger partial charge in [0.2, 0.25) is 0 Å². The van der Waals surface area contributed by atoms with Crippen molar-refractivity contribution in [3.8, 4) is 5.75 Å². The van der Waals surface area contributed by atoms with Crippen molar-refractivity contribution in [3.63, 3.8) is 0 Å². The second kappa shape index (κ2) is 7.35. The number of aromatic nitrogens is 1. The molecule has 0 N–H and O–H groups in total. The van der Waals surface area contributed by atoms with Crippen LogP contribution in [0.25, 0.3) is 16.7 Å². The molecule has 1 saturated heterocycles. The zero-order chi connectivity index (χ0) is 20.9. The Morgan fingerprint density at radius 3 is 2.81 bits per heavy atom. The molecule has 0 spiro atoms. The van der Waals surface area contributed by atoms with Crippen LogP contribution in [-0.4, -0.2) is 42.1 Å². The van der Waals surface area contributed by atoms with Gasteiger partial charge in [-0.3, -0.25) is 4.84 Å². The maximum Gasteiger partial charge on any atom is 0.170 e. The quantitative estimate of drug-likeness (QED) is 0.612. The minimum absolute atomic E-state index is 0.290. The third-order valence-electron chi connectivity index (χ3n) is 6.73. The molecule has 3 aromatic rings. The van der Waals surface area contributed by atoms with Gasteiger partial charge in [0.1, 0.15) is 18.2 Å². The van der Waals surface area contributed by atoms with Crippen LogP contribution in [0.1, 0.15) is 42.0 Å². The third kappa shape index (κ3) is 3.11. The van der Waals surface area contributed by atoms with Crippen molar-refractivity contribution in [1.82, 2.24) is 15.3 Å². The molecule has 0 atom stereocenters. The summed E-state index contributed by atoms with van der Waals surface area (Å²) in [4.78, 5) is 6.15. The Balaban J connectivity index is 1.23. The molecule has 2 aliphatic heterocycles. The number of ether oxygens (including phenoxy) is 1. The molecule has 160 valence electrons.